The molecular formula is C14H11BrN2O. The van der Waals surface area contributed by atoms with Gasteiger partial charge in [-0.3, -0.25) is 4.98 Å². The lowest BCUT2D eigenvalue weighted by Gasteiger charge is -1.96. The highest BCUT2D eigenvalue weighted by atomic mass is 79.9. The van der Waals surface area contributed by atoms with Gasteiger partial charge in [0.15, 0.2) is 5.58 Å². The van der Waals surface area contributed by atoms with Gasteiger partial charge in [0.25, 0.3) is 0 Å². The quantitative estimate of drug-likeness (QED) is 0.711. The van der Waals surface area contributed by atoms with Crippen molar-refractivity contribution in [3.8, 4) is 11.6 Å². The molecule has 0 saturated heterocycles. The number of benzene rings is 1. The van der Waals surface area contributed by atoms with E-state index >= 15 is 0 Å². The minimum Gasteiger partial charge on any atom is -0.433 e. The highest BCUT2D eigenvalue weighted by molar-refractivity contribution is 9.10. The van der Waals surface area contributed by atoms with Crippen LogP contribution >= 0.6 is 15.9 Å². The molecule has 1 aromatic carbocycles. The fraction of sp³-hybridized carbons (Fsp3) is 0.143. The van der Waals surface area contributed by atoms with Gasteiger partial charge in [0.05, 0.1) is 4.47 Å². The number of hydrogen-bond donors (Lipinski definition) is 0. The van der Waals surface area contributed by atoms with Gasteiger partial charge in [0, 0.05) is 6.20 Å². The number of aromatic nitrogens is 2. The second kappa shape index (κ2) is 4.53. The van der Waals surface area contributed by atoms with Gasteiger partial charge in [0.1, 0.15) is 11.2 Å². The molecule has 0 saturated carbocycles. The Balaban J connectivity index is 2.20. The van der Waals surface area contributed by atoms with Crippen molar-refractivity contribution in [3.63, 3.8) is 0 Å². The van der Waals surface area contributed by atoms with Gasteiger partial charge in [0.2, 0.25) is 5.89 Å². The summed E-state index contributed by atoms with van der Waals surface area (Å²) in [6, 6.07) is 9.80. The van der Waals surface area contributed by atoms with Crippen molar-refractivity contribution in [3.05, 3.63) is 46.6 Å². The fourth-order valence-electron chi connectivity index (χ4n) is 1.85. The summed E-state index contributed by atoms with van der Waals surface area (Å²) in [5, 5.41) is 0. The molecular weight excluding hydrogens is 292 g/mol. The lowest BCUT2D eigenvalue weighted by molar-refractivity contribution is 0.615. The SMILES string of the molecule is CCc1cc(Br)c2oc(-c3ccccn3)nc2c1. The van der Waals surface area contributed by atoms with E-state index in [1.807, 2.05) is 18.2 Å². The molecule has 0 radical (unpaired) electrons. The Labute approximate surface area is 113 Å². The van der Waals surface area contributed by atoms with Gasteiger partial charge >= 0.3 is 0 Å². The van der Waals surface area contributed by atoms with Crippen LogP contribution in [0.5, 0.6) is 0 Å². The third-order valence-electron chi connectivity index (χ3n) is 2.80. The Morgan fingerprint density at radius 2 is 2.17 bits per heavy atom. The van der Waals surface area contributed by atoms with E-state index in [0.29, 0.717) is 5.89 Å². The minimum atomic E-state index is 0.555. The lowest BCUT2D eigenvalue weighted by Crippen LogP contribution is -1.81. The summed E-state index contributed by atoms with van der Waals surface area (Å²) in [4.78, 5) is 8.74. The number of fused-ring (bicyclic) bond motifs is 1. The predicted molar refractivity (Wildman–Crippen MR) is 74.3 cm³/mol. The molecule has 3 nitrogen and oxygen atoms in total. The Morgan fingerprint density at radius 3 is 2.89 bits per heavy atom. The average Bonchev–Trinajstić information content (AvgIpc) is 2.84. The molecule has 0 bridgehead atoms. The van der Waals surface area contributed by atoms with Crippen molar-refractivity contribution in [2.24, 2.45) is 0 Å². The molecule has 0 aliphatic rings. The zero-order chi connectivity index (χ0) is 12.5. The van der Waals surface area contributed by atoms with Crippen LogP contribution in [-0.2, 0) is 6.42 Å². The van der Waals surface area contributed by atoms with E-state index in [9.17, 15) is 0 Å². The molecule has 0 unspecified atom stereocenters. The average molecular weight is 303 g/mol. The highest BCUT2D eigenvalue weighted by Crippen LogP contribution is 2.30. The van der Waals surface area contributed by atoms with E-state index in [1.165, 1.54) is 5.56 Å². The number of halogens is 1. The van der Waals surface area contributed by atoms with Gasteiger partial charge in [-0.25, -0.2) is 4.98 Å². The van der Waals surface area contributed by atoms with Crippen LogP contribution in [0.3, 0.4) is 0 Å². The summed E-state index contributed by atoms with van der Waals surface area (Å²) >= 11 is 3.52. The molecule has 3 rings (SSSR count). The van der Waals surface area contributed by atoms with Crippen molar-refractivity contribution < 1.29 is 4.42 Å². The number of rotatable bonds is 2. The first-order chi connectivity index (χ1) is 8.78. The van der Waals surface area contributed by atoms with Gasteiger partial charge in [-0.05, 0) is 52.2 Å². The van der Waals surface area contributed by atoms with Crippen LogP contribution in [0, 0.1) is 0 Å². The molecule has 0 atom stereocenters. The largest absolute Gasteiger partial charge is 0.433 e. The molecule has 0 fully saturated rings. The van der Waals surface area contributed by atoms with Crippen LogP contribution in [0.4, 0.5) is 0 Å². The minimum absolute atomic E-state index is 0.555. The zero-order valence-corrected chi connectivity index (χ0v) is 11.4. The zero-order valence-electron chi connectivity index (χ0n) is 9.85. The maximum absolute atomic E-state index is 5.76. The fourth-order valence-corrected chi connectivity index (χ4v) is 2.43. The van der Waals surface area contributed by atoms with Crippen LogP contribution < -0.4 is 0 Å². The molecule has 90 valence electrons. The molecule has 4 heteroatoms. The monoisotopic (exact) mass is 302 g/mol. The summed E-state index contributed by atoms with van der Waals surface area (Å²) in [5.41, 5.74) is 3.61. The van der Waals surface area contributed by atoms with Crippen molar-refractivity contribution >= 4 is 27.0 Å². The standard InChI is InChI=1S/C14H11BrN2O/c1-2-9-7-10(15)13-12(8-9)17-14(18-13)11-5-3-4-6-16-11/h3-8H,2H2,1H3. The molecule has 2 heterocycles. The Hall–Kier alpha value is -1.68. The first-order valence-corrected chi connectivity index (χ1v) is 6.57. The smallest absolute Gasteiger partial charge is 0.246 e. The van der Waals surface area contributed by atoms with Crippen LogP contribution in [0.15, 0.2) is 45.4 Å². The molecule has 0 spiro atoms. The van der Waals surface area contributed by atoms with E-state index in [-0.39, 0.29) is 0 Å². The number of oxazole rings is 1. The normalized spacial score (nSPS) is 11.0. The summed E-state index contributed by atoms with van der Waals surface area (Å²) in [7, 11) is 0. The van der Waals surface area contributed by atoms with Gasteiger partial charge in [-0.15, -0.1) is 0 Å². The summed E-state index contributed by atoms with van der Waals surface area (Å²) in [5.74, 6) is 0.555. The lowest BCUT2D eigenvalue weighted by atomic mass is 10.1. The first kappa shape index (κ1) is 11.4. The molecule has 3 aromatic rings. The molecule has 2 aromatic heterocycles. The topological polar surface area (TPSA) is 38.9 Å². The van der Waals surface area contributed by atoms with Crippen LogP contribution in [-0.4, -0.2) is 9.97 Å². The maximum atomic E-state index is 5.76. The van der Waals surface area contributed by atoms with E-state index in [4.69, 9.17) is 4.42 Å². The van der Waals surface area contributed by atoms with Crippen molar-refractivity contribution in [2.75, 3.05) is 0 Å². The number of nitrogens with zero attached hydrogens (tertiary/aromatic N) is 2. The number of hydrogen-bond acceptors (Lipinski definition) is 3. The van der Waals surface area contributed by atoms with E-state index < -0.39 is 0 Å². The van der Waals surface area contributed by atoms with Gasteiger partial charge in [-0.1, -0.05) is 13.0 Å². The maximum Gasteiger partial charge on any atom is 0.246 e. The van der Waals surface area contributed by atoms with E-state index in [2.05, 4.69) is 45.0 Å². The highest BCUT2D eigenvalue weighted by Gasteiger charge is 2.12. The number of aryl methyl sites for hydroxylation is 1. The van der Waals surface area contributed by atoms with Crippen molar-refractivity contribution in [1.82, 2.24) is 9.97 Å². The first-order valence-electron chi connectivity index (χ1n) is 5.78. The third kappa shape index (κ3) is 1.93. The third-order valence-corrected chi connectivity index (χ3v) is 3.39. The van der Waals surface area contributed by atoms with E-state index in [1.54, 1.807) is 6.20 Å². The molecule has 18 heavy (non-hydrogen) atoms. The number of pyridine rings is 1. The van der Waals surface area contributed by atoms with Crippen LogP contribution in [0.1, 0.15) is 12.5 Å². The molecule has 0 aliphatic carbocycles. The van der Waals surface area contributed by atoms with Crippen LogP contribution in [0.2, 0.25) is 0 Å². The Bertz CT molecular complexity index is 692. The Kier molecular flexibility index (Phi) is 2.88. The van der Waals surface area contributed by atoms with E-state index in [0.717, 1.165) is 27.7 Å². The van der Waals surface area contributed by atoms with Crippen molar-refractivity contribution in [1.29, 1.82) is 0 Å². The molecule has 0 aliphatic heterocycles. The molecule has 0 N–H and O–H groups in total. The predicted octanol–water partition coefficient (Wildman–Crippen LogP) is 4.21. The summed E-state index contributed by atoms with van der Waals surface area (Å²) in [6.45, 7) is 2.12. The Morgan fingerprint density at radius 1 is 1.28 bits per heavy atom. The second-order valence-electron chi connectivity index (χ2n) is 4.01. The summed E-state index contributed by atoms with van der Waals surface area (Å²) < 4.78 is 6.70. The van der Waals surface area contributed by atoms with Crippen LogP contribution in [0.25, 0.3) is 22.7 Å². The van der Waals surface area contributed by atoms with Gasteiger partial charge < -0.3 is 4.42 Å². The summed E-state index contributed by atoms with van der Waals surface area (Å²) in [6.07, 6.45) is 2.71. The van der Waals surface area contributed by atoms with Crippen molar-refractivity contribution in [2.45, 2.75) is 13.3 Å². The molecule has 0 amide bonds. The second-order valence-corrected chi connectivity index (χ2v) is 4.87. The van der Waals surface area contributed by atoms with Gasteiger partial charge in [-0.2, -0.15) is 0 Å².